The van der Waals surface area contributed by atoms with Gasteiger partial charge in [0.05, 0.1) is 6.33 Å². The molecule has 0 aliphatic heterocycles. The summed E-state index contributed by atoms with van der Waals surface area (Å²) in [7, 11) is 0. The van der Waals surface area contributed by atoms with Crippen LogP contribution in [0.15, 0.2) is 11.1 Å². The first-order chi connectivity index (χ1) is 10.3. The summed E-state index contributed by atoms with van der Waals surface area (Å²) in [6.07, 6.45) is 14.0. The highest BCUT2D eigenvalue weighted by molar-refractivity contribution is 6.32. The van der Waals surface area contributed by atoms with Crippen molar-refractivity contribution >= 4 is 17.4 Å². The van der Waals surface area contributed by atoms with Crippen LogP contribution < -0.4 is 10.5 Å². The Kier molecular flexibility index (Phi) is 4.84. The van der Waals surface area contributed by atoms with Crippen LogP contribution in [0.25, 0.3) is 0 Å². The summed E-state index contributed by atoms with van der Waals surface area (Å²) in [5, 5.41) is 0.258. The predicted molar refractivity (Wildman–Crippen MR) is 86.1 cm³/mol. The molecule has 0 bridgehead atoms. The molecule has 2 aliphatic rings. The third-order valence-corrected chi connectivity index (χ3v) is 5.30. The Morgan fingerprint density at radius 1 is 1.00 bits per heavy atom. The maximum absolute atomic E-state index is 11.9. The molecule has 0 unspecified atom stereocenters. The molecule has 1 aromatic rings. The number of nitrogens with one attached hydrogen (secondary N) is 1. The third kappa shape index (κ3) is 3.25. The quantitative estimate of drug-likeness (QED) is 0.921. The smallest absolute Gasteiger partial charge is 0.271 e. The van der Waals surface area contributed by atoms with Crippen molar-refractivity contribution in [3.63, 3.8) is 0 Å². The van der Waals surface area contributed by atoms with Crippen molar-refractivity contribution in [2.45, 2.75) is 76.3 Å². The number of aromatic amines is 1. The minimum atomic E-state index is -0.224. The van der Waals surface area contributed by atoms with Gasteiger partial charge in [-0.3, -0.25) is 4.79 Å². The average Bonchev–Trinajstić information content (AvgIpc) is 2.54. The average molecular weight is 310 g/mol. The Labute approximate surface area is 130 Å². The van der Waals surface area contributed by atoms with Gasteiger partial charge in [0.1, 0.15) is 5.02 Å². The van der Waals surface area contributed by atoms with Crippen LogP contribution in [0.2, 0.25) is 5.02 Å². The van der Waals surface area contributed by atoms with E-state index in [0.717, 1.165) is 0 Å². The molecule has 3 rings (SSSR count). The fourth-order valence-corrected chi connectivity index (χ4v) is 4.12. The number of nitrogens with zero attached hydrogens (tertiary/aromatic N) is 2. The zero-order chi connectivity index (χ0) is 14.7. The first-order valence-electron chi connectivity index (χ1n) is 8.29. The van der Waals surface area contributed by atoms with Crippen molar-refractivity contribution in [2.24, 2.45) is 0 Å². The van der Waals surface area contributed by atoms with Crippen LogP contribution in [-0.4, -0.2) is 22.1 Å². The molecule has 5 heteroatoms. The lowest BCUT2D eigenvalue weighted by molar-refractivity contribution is 0.337. The van der Waals surface area contributed by atoms with E-state index in [1.54, 1.807) is 0 Å². The number of hydrogen-bond acceptors (Lipinski definition) is 3. The lowest BCUT2D eigenvalue weighted by Gasteiger charge is -2.42. The monoisotopic (exact) mass is 309 g/mol. The van der Waals surface area contributed by atoms with Crippen LogP contribution in [0.4, 0.5) is 5.82 Å². The molecule has 116 valence electrons. The lowest BCUT2D eigenvalue weighted by Crippen LogP contribution is -2.46. The zero-order valence-corrected chi connectivity index (χ0v) is 13.2. The normalized spacial score (nSPS) is 21.4. The van der Waals surface area contributed by atoms with E-state index in [9.17, 15) is 4.79 Å². The van der Waals surface area contributed by atoms with Gasteiger partial charge in [-0.15, -0.1) is 0 Å². The number of anilines is 1. The Bertz CT molecular complexity index is 500. The number of aromatic nitrogens is 2. The summed E-state index contributed by atoms with van der Waals surface area (Å²) in [4.78, 5) is 21.3. The van der Waals surface area contributed by atoms with Gasteiger partial charge in [-0.2, -0.15) is 0 Å². The van der Waals surface area contributed by atoms with Gasteiger partial charge in [-0.1, -0.05) is 50.1 Å². The molecule has 0 aromatic carbocycles. The van der Waals surface area contributed by atoms with Crippen LogP contribution in [-0.2, 0) is 0 Å². The van der Waals surface area contributed by atoms with Gasteiger partial charge in [0.25, 0.3) is 5.56 Å². The van der Waals surface area contributed by atoms with Gasteiger partial charge in [-0.25, -0.2) is 4.98 Å². The molecule has 1 aromatic heterocycles. The molecular weight excluding hydrogens is 286 g/mol. The third-order valence-electron chi connectivity index (χ3n) is 4.96. The van der Waals surface area contributed by atoms with Crippen molar-refractivity contribution in [3.05, 3.63) is 21.7 Å². The highest BCUT2D eigenvalue weighted by Crippen LogP contribution is 2.35. The summed E-state index contributed by atoms with van der Waals surface area (Å²) in [6, 6.07) is 0.988. The first-order valence-corrected chi connectivity index (χ1v) is 8.66. The first kappa shape index (κ1) is 14.9. The van der Waals surface area contributed by atoms with Crippen molar-refractivity contribution in [2.75, 3.05) is 4.90 Å². The number of rotatable bonds is 3. The Morgan fingerprint density at radius 2 is 1.52 bits per heavy atom. The van der Waals surface area contributed by atoms with Crippen LogP contribution in [0.3, 0.4) is 0 Å². The summed E-state index contributed by atoms with van der Waals surface area (Å²) in [5.41, 5.74) is -0.224. The van der Waals surface area contributed by atoms with Crippen LogP contribution in [0.1, 0.15) is 64.2 Å². The Morgan fingerprint density at radius 3 is 2.05 bits per heavy atom. The SMILES string of the molecule is O=c1[nH]cnc(N(C2CCCCC2)C2CCCCC2)c1Cl. The number of hydrogen-bond donors (Lipinski definition) is 1. The topological polar surface area (TPSA) is 49.0 Å². The van der Waals surface area contributed by atoms with E-state index >= 15 is 0 Å². The summed E-state index contributed by atoms with van der Waals surface area (Å²) >= 11 is 6.28. The molecule has 21 heavy (non-hydrogen) atoms. The van der Waals surface area contributed by atoms with Crippen LogP contribution >= 0.6 is 11.6 Å². The second-order valence-electron chi connectivity index (χ2n) is 6.36. The molecule has 0 saturated heterocycles. The van der Waals surface area contributed by atoms with E-state index in [1.165, 1.54) is 70.5 Å². The second kappa shape index (κ2) is 6.82. The van der Waals surface area contributed by atoms with Crippen molar-refractivity contribution < 1.29 is 0 Å². The second-order valence-corrected chi connectivity index (χ2v) is 6.74. The van der Waals surface area contributed by atoms with Gasteiger partial charge in [0, 0.05) is 12.1 Å². The highest BCUT2D eigenvalue weighted by Gasteiger charge is 2.31. The van der Waals surface area contributed by atoms with Gasteiger partial charge in [0.2, 0.25) is 0 Å². The molecule has 2 aliphatic carbocycles. The van der Waals surface area contributed by atoms with E-state index in [4.69, 9.17) is 11.6 Å². The molecule has 0 atom stereocenters. The number of H-pyrrole nitrogens is 1. The molecule has 0 amide bonds. The largest absolute Gasteiger partial charge is 0.349 e. The Balaban J connectivity index is 1.93. The standard InChI is InChI=1S/C16H24ClN3O/c17-14-15(18-11-19-16(14)21)20(12-7-3-1-4-8-12)13-9-5-2-6-10-13/h11-13H,1-10H2,(H,18,19,21). The predicted octanol–water partition coefficient (Wildman–Crippen LogP) is 3.90. The van der Waals surface area contributed by atoms with Gasteiger partial charge in [0.15, 0.2) is 5.82 Å². The Hall–Kier alpha value is -1.03. The minimum absolute atomic E-state index is 0.224. The van der Waals surface area contributed by atoms with Gasteiger partial charge < -0.3 is 9.88 Å². The minimum Gasteiger partial charge on any atom is -0.349 e. The summed E-state index contributed by atoms with van der Waals surface area (Å²) < 4.78 is 0. The molecular formula is C16H24ClN3O. The van der Waals surface area contributed by atoms with E-state index in [0.29, 0.717) is 17.9 Å². The van der Waals surface area contributed by atoms with Gasteiger partial charge in [-0.05, 0) is 25.7 Å². The van der Waals surface area contributed by atoms with E-state index in [-0.39, 0.29) is 10.6 Å². The van der Waals surface area contributed by atoms with E-state index in [2.05, 4.69) is 14.9 Å². The summed E-state index contributed by atoms with van der Waals surface area (Å²) in [5.74, 6) is 0.708. The molecule has 2 saturated carbocycles. The number of halogens is 1. The van der Waals surface area contributed by atoms with Crippen molar-refractivity contribution in [1.82, 2.24) is 9.97 Å². The maximum Gasteiger partial charge on any atom is 0.271 e. The van der Waals surface area contributed by atoms with Crippen LogP contribution in [0.5, 0.6) is 0 Å². The highest BCUT2D eigenvalue weighted by atomic mass is 35.5. The fourth-order valence-electron chi connectivity index (χ4n) is 3.92. The van der Waals surface area contributed by atoms with Crippen molar-refractivity contribution in [1.29, 1.82) is 0 Å². The molecule has 0 spiro atoms. The fraction of sp³-hybridized carbons (Fsp3) is 0.750. The van der Waals surface area contributed by atoms with Crippen LogP contribution in [0, 0.1) is 0 Å². The maximum atomic E-state index is 11.9. The summed E-state index contributed by atoms with van der Waals surface area (Å²) in [6.45, 7) is 0. The van der Waals surface area contributed by atoms with Crippen molar-refractivity contribution in [3.8, 4) is 0 Å². The molecule has 2 fully saturated rings. The molecule has 1 heterocycles. The lowest BCUT2D eigenvalue weighted by atomic mass is 9.88. The molecule has 4 nitrogen and oxygen atoms in total. The zero-order valence-electron chi connectivity index (χ0n) is 12.5. The molecule has 0 radical (unpaired) electrons. The van der Waals surface area contributed by atoms with Gasteiger partial charge >= 0.3 is 0 Å². The van der Waals surface area contributed by atoms with E-state index < -0.39 is 0 Å². The molecule has 1 N–H and O–H groups in total. The van der Waals surface area contributed by atoms with E-state index in [1.807, 2.05) is 0 Å².